The van der Waals surface area contributed by atoms with Crippen molar-refractivity contribution < 1.29 is 14.1 Å². The van der Waals surface area contributed by atoms with E-state index in [4.69, 9.17) is 9.26 Å². The molecule has 34 heavy (non-hydrogen) atoms. The highest BCUT2D eigenvalue weighted by Gasteiger charge is 2.23. The number of nitrogens with zero attached hydrogens (tertiary/aromatic N) is 5. The van der Waals surface area contributed by atoms with E-state index in [0.717, 1.165) is 32.9 Å². The van der Waals surface area contributed by atoms with Gasteiger partial charge in [0, 0.05) is 0 Å². The molecule has 3 aromatic heterocycles. The van der Waals surface area contributed by atoms with E-state index in [0.29, 0.717) is 29.4 Å². The van der Waals surface area contributed by atoms with Gasteiger partial charge in [-0.3, -0.25) is 4.79 Å². The molecule has 9 nitrogen and oxygen atoms in total. The molecule has 4 aromatic rings. The van der Waals surface area contributed by atoms with E-state index in [9.17, 15) is 4.79 Å². The summed E-state index contributed by atoms with van der Waals surface area (Å²) < 4.78 is 15.9. The second-order valence-corrected chi connectivity index (χ2v) is 9.04. The number of aromatic nitrogens is 5. The molecular weight excluding hydrogens is 500 g/mol. The highest BCUT2D eigenvalue weighted by atomic mass is 79.9. The first-order valence-corrected chi connectivity index (χ1v) is 11.6. The zero-order valence-corrected chi connectivity index (χ0v) is 21.6. The fourth-order valence-corrected chi connectivity index (χ4v) is 4.02. The van der Waals surface area contributed by atoms with Gasteiger partial charge in [-0.2, -0.15) is 10.2 Å². The van der Waals surface area contributed by atoms with Gasteiger partial charge >= 0.3 is 0 Å². The molecule has 0 saturated carbocycles. The quantitative estimate of drug-likeness (QED) is 0.363. The van der Waals surface area contributed by atoms with Crippen LogP contribution in [0.15, 0.2) is 33.3 Å². The number of rotatable bonds is 7. The summed E-state index contributed by atoms with van der Waals surface area (Å²) in [6.45, 7) is 12.0. The summed E-state index contributed by atoms with van der Waals surface area (Å²) in [6, 6.07) is 7.71. The number of ether oxygens (including phenoxy) is 1. The summed E-state index contributed by atoms with van der Waals surface area (Å²) in [5.41, 5.74) is 5.88. The summed E-state index contributed by atoms with van der Waals surface area (Å²) in [4.78, 5) is 13.2. The Bertz CT molecular complexity index is 1370. The molecule has 1 aromatic carbocycles. The van der Waals surface area contributed by atoms with Crippen molar-refractivity contribution >= 4 is 27.5 Å². The third kappa shape index (κ3) is 4.50. The lowest BCUT2D eigenvalue weighted by atomic mass is 10.2. The Morgan fingerprint density at radius 3 is 2.38 bits per heavy atom. The van der Waals surface area contributed by atoms with Gasteiger partial charge in [0.15, 0.2) is 5.69 Å². The number of halogens is 1. The Morgan fingerprint density at radius 2 is 1.71 bits per heavy atom. The molecule has 0 fully saturated rings. The third-order valence-electron chi connectivity index (χ3n) is 5.85. The van der Waals surface area contributed by atoms with Gasteiger partial charge in [-0.05, 0) is 69.1 Å². The van der Waals surface area contributed by atoms with Gasteiger partial charge in [0.25, 0.3) is 5.91 Å². The van der Waals surface area contributed by atoms with Crippen molar-refractivity contribution in [3.63, 3.8) is 0 Å². The van der Waals surface area contributed by atoms with E-state index in [1.807, 2.05) is 68.2 Å². The predicted octanol–water partition coefficient (Wildman–Crippen LogP) is 5.02. The molecule has 0 bridgehead atoms. The number of carbonyl (C=O) groups is 1. The summed E-state index contributed by atoms with van der Waals surface area (Å²) in [6.07, 6.45) is 0. The molecule has 178 valence electrons. The van der Waals surface area contributed by atoms with Gasteiger partial charge in [0.05, 0.1) is 38.5 Å². The largest absolute Gasteiger partial charge is 0.488 e. The van der Waals surface area contributed by atoms with Crippen LogP contribution in [0, 0.1) is 41.5 Å². The van der Waals surface area contributed by atoms with Crippen molar-refractivity contribution in [1.82, 2.24) is 24.7 Å². The average molecular weight is 527 g/mol. The van der Waals surface area contributed by atoms with Crippen LogP contribution in [0.5, 0.6) is 5.75 Å². The van der Waals surface area contributed by atoms with E-state index in [2.05, 4.69) is 36.6 Å². The predicted molar refractivity (Wildman–Crippen MR) is 131 cm³/mol. The first-order valence-electron chi connectivity index (χ1n) is 10.9. The number of amides is 1. The summed E-state index contributed by atoms with van der Waals surface area (Å²) in [7, 11) is 0. The molecule has 1 amide bonds. The second kappa shape index (κ2) is 9.46. The van der Waals surface area contributed by atoms with Crippen LogP contribution in [-0.4, -0.2) is 30.6 Å². The number of benzene rings is 1. The molecule has 3 heterocycles. The first kappa shape index (κ1) is 23.7. The average Bonchev–Trinajstić information content (AvgIpc) is 3.38. The minimum Gasteiger partial charge on any atom is -0.488 e. The Morgan fingerprint density at radius 1 is 1.03 bits per heavy atom. The van der Waals surface area contributed by atoms with E-state index in [1.54, 1.807) is 6.92 Å². The molecule has 4 rings (SSSR count). The van der Waals surface area contributed by atoms with Crippen LogP contribution in [0.2, 0.25) is 0 Å². The van der Waals surface area contributed by atoms with Crippen molar-refractivity contribution in [2.24, 2.45) is 0 Å². The Balaban J connectivity index is 1.53. The molecule has 0 saturated heterocycles. The lowest BCUT2D eigenvalue weighted by Crippen LogP contribution is -2.17. The molecule has 0 radical (unpaired) electrons. The molecule has 0 spiro atoms. The minimum absolute atomic E-state index is 0.174. The first-order chi connectivity index (χ1) is 16.2. The fraction of sp³-hybridized carbons (Fsp3) is 0.333. The van der Waals surface area contributed by atoms with Crippen molar-refractivity contribution in [3.8, 4) is 5.75 Å². The van der Waals surface area contributed by atoms with Gasteiger partial charge in [0.2, 0.25) is 0 Å². The topological polar surface area (TPSA) is 100 Å². The van der Waals surface area contributed by atoms with Crippen LogP contribution in [0.3, 0.4) is 0 Å². The summed E-state index contributed by atoms with van der Waals surface area (Å²) in [5, 5.41) is 16.1. The molecule has 0 aliphatic carbocycles. The number of hydrogen-bond acceptors (Lipinski definition) is 6. The Kier molecular flexibility index (Phi) is 6.60. The van der Waals surface area contributed by atoms with Crippen LogP contribution in [0.1, 0.15) is 50.2 Å². The maximum Gasteiger partial charge on any atom is 0.278 e. The number of para-hydroxylation sites is 1. The Labute approximate surface area is 206 Å². The van der Waals surface area contributed by atoms with Crippen LogP contribution >= 0.6 is 15.9 Å². The molecule has 0 aliphatic rings. The minimum atomic E-state index is -0.375. The molecule has 0 aliphatic heterocycles. The van der Waals surface area contributed by atoms with Crippen LogP contribution in [-0.2, 0) is 13.3 Å². The second-order valence-electron chi connectivity index (χ2n) is 8.25. The van der Waals surface area contributed by atoms with Crippen molar-refractivity contribution in [2.45, 2.75) is 54.8 Å². The maximum absolute atomic E-state index is 13.2. The number of hydrogen-bond donors (Lipinski definition) is 1. The third-order valence-corrected chi connectivity index (χ3v) is 6.99. The number of aryl methyl sites for hydroxylation is 4. The van der Waals surface area contributed by atoms with Gasteiger partial charge in [-0.1, -0.05) is 23.4 Å². The number of nitrogens with one attached hydrogen (secondary N) is 1. The summed E-state index contributed by atoms with van der Waals surface area (Å²) >= 11 is 3.55. The molecule has 1 N–H and O–H groups in total. The zero-order valence-electron chi connectivity index (χ0n) is 20.1. The number of anilines is 1. The normalized spacial score (nSPS) is 11.1. The van der Waals surface area contributed by atoms with E-state index in [1.165, 1.54) is 0 Å². The van der Waals surface area contributed by atoms with E-state index >= 15 is 0 Å². The SMILES string of the molecule is Cc1ccccc1OCc1c(C(=O)Nc2c(C)nn(Cn3nc(C)c(Br)c3C)c2C)noc1C. The summed E-state index contributed by atoms with van der Waals surface area (Å²) in [5.74, 6) is 0.913. The maximum atomic E-state index is 13.2. The van der Waals surface area contributed by atoms with Gasteiger partial charge in [-0.15, -0.1) is 0 Å². The highest BCUT2D eigenvalue weighted by Crippen LogP contribution is 2.25. The van der Waals surface area contributed by atoms with E-state index in [-0.39, 0.29) is 18.2 Å². The molecule has 0 unspecified atom stereocenters. The van der Waals surface area contributed by atoms with Gasteiger partial charge < -0.3 is 14.6 Å². The Hall–Kier alpha value is -3.40. The fourth-order valence-electron chi connectivity index (χ4n) is 3.74. The lowest BCUT2D eigenvalue weighted by molar-refractivity contribution is 0.101. The molecular formula is C24H27BrN6O3. The zero-order chi connectivity index (χ0) is 24.6. The van der Waals surface area contributed by atoms with Crippen LogP contribution in [0.25, 0.3) is 0 Å². The molecule has 10 heteroatoms. The van der Waals surface area contributed by atoms with Crippen molar-refractivity contribution in [1.29, 1.82) is 0 Å². The van der Waals surface area contributed by atoms with Gasteiger partial charge in [-0.25, -0.2) is 9.36 Å². The highest BCUT2D eigenvalue weighted by molar-refractivity contribution is 9.10. The molecule has 0 atom stereocenters. The van der Waals surface area contributed by atoms with E-state index < -0.39 is 0 Å². The standard InChI is InChI=1S/C24H27BrN6O3/c1-13-9-7-8-10-20(13)33-11-19-18(6)34-29-23(19)24(32)26-22-15(3)28-31(17(22)5)12-30-16(4)21(25)14(2)27-30/h7-10H,11-12H2,1-6H3,(H,26,32). The van der Waals surface area contributed by atoms with Gasteiger partial charge in [0.1, 0.15) is 24.8 Å². The smallest absolute Gasteiger partial charge is 0.278 e. The van der Waals surface area contributed by atoms with Crippen LogP contribution < -0.4 is 10.1 Å². The van der Waals surface area contributed by atoms with Crippen molar-refractivity contribution in [2.75, 3.05) is 5.32 Å². The van der Waals surface area contributed by atoms with Crippen molar-refractivity contribution in [3.05, 3.63) is 74.1 Å². The number of carbonyl (C=O) groups excluding carboxylic acids is 1. The lowest BCUT2D eigenvalue weighted by Gasteiger charge is -2.10. The monoisotopic (exact) mass is 526 g/mol. The van der Waals surface area contributed by atoms with Crippen LogP contribution in [0.4, 0.5) is 5.69 Å².